The van der Waals surface area contributed by atoms with Gasteiger partial charge in [-0.2, -0.15) is 0 Å². The number of alkyl halides is 1. The smallest absolute Gasteiger partial charge is 0.125 e. The lowest BCUT2D eigenvalue weighted by Crippen LogP contribution is -2.23. The molecule has 2 heterocycles. The van der Waals surface area contributed by atoms with Crippen LogP contribution in [0.2, 0.25) is 5.02 Å². The summed E-state index contributed by atoms with van der Waals surface area (Å²) in [5.41, 5.74) is 2.04. The molecule has 0 radical (unpaired) electrons. The maximum atomic E-state index is 6.11. The van der Waals surface area contributed by atoms with Gasteiger partial charge in [0.05, 0.1) is 29.1 Å². The third-order valence-electron chi connectivity index (χ3n) is 4.37. The zero-order valence-corrected chi connectivity index (χ0v) is 12.6. The quantitative estimate of drug-likeness (QED) is 0.796. The summed E-state index contributed by atoms with van der Waals surface area (Å²) in [6, 6.07) is 6.23. The van der Waals surface area contributed by atoms with Gasteiger partial charge in [0, 0.05) is 11.6 Å². The van der Waals surface area contributed by atoms with Gasteiger partial charge in [0.15, 0.2) is 0 Å². The van der Waals surface area contributed by atoms with Gasteiger partial charge in [-0.3, -0.25) is 0 Å². The van der Waals surface area contributed by atoms with Gasteiger partial charge in [-0.1, -0.05) is 11.6 Å². The molecule has 106 valence electrons. The van der Waals surface area contributed by atoms with Gasteiger partial charge in [0.1, 0.15) is 5.82 Å². The van der Waals surface area contributed by atoms with Crippen molar-refractivity contribution in [2.75, 3.05) is 6.61 Å². The van der Waals surface area contributed by atoms with Crippen molar-refractivity contribution in [3.63, 3.8) is 0 Å². The molecule has 1 aliphatic heterocycles. The SMILES string of the molecule is ClCc1nc2cc(Cl)ccc2n1C1CCOC1C1CC1. The van der Waals surface area contributed by atoms with Crippen molar-refractivity contribution in [1.82, 2.24) is 9.55 Å². The van der Waals surface area contributed by atoms with Gasteiger partial charge >= 0.3 is 0 Å². The highest BCUT2D eigenvalue weighted by Gasteiger charge is 2.42. The van der Waals surface area contributed by atoms with Crippen LogP contribution in [0.3, 0.4) is 0 Å². The van der Waals surface area contributed by atoms with E-state index in [-0.39, 0.29) is 0 Å². The van der Waals surface area contributed by atoms with E-state index >= 15 is 0 Å². The summed E-state index contributed by atoms with van der Waals surface area (Å²) < 4.78 is 8.25. The largest absolute Gasteiger partial charge is 0.376 e. The Morgan fingerprint density at radius 2 is 2.15 bits per heavy atom. The maximum absolute atomic E-state index is 6.11. The van der Waals surface area contributed by atoms with E-state index in [4.69, 9.17) is 27.9 Å². The highest BCUT2D eigenvalue weighted by molar-refractivity contribution is 6.31. The molecule has 1 saturated carbocycles. The monoisotopic (exact) mass is 310 g/mol. The summed E-state index contributed by atoms with van der Waals surface area (Å²) in [6.07, 6.45) is 3.94. The summed E-state index contributed by atoms with van der Waals surface area (Å²) in [4.78, 5) is 4.64. The van der Waals surface area contributed by atoms with Crippen LogP contribution in [0.4, 0.5) is 0 Å². The molecule has 20 heavy (non-hydrogen) atoms. The van der Waals surface area contributed by atoms with Gasteiger partial charge in [-0.05, 0) is 43.4 Å². The lowest BCUT2D eigenvalue weighted by Gasteiger charge is -2.22. The molecule has 0 N–H and O–H groups in total. The van der Waals surface area contributed by atoms with Crippen LogP contribution >= 0.6 is 23.2 Å². The summed E-state index contributed by atoms with van der Waals surface area (Å²) in [5.74, 6) is 2.06. The van der Waals surface area contributed by atoms with E-state index in [0.29, 0.717) is 23.0 Å². The molecule has 4 rings (SSSR count). The van der Waals surface area contributed by atoms with Crippen LogP contribution in [-0.4, -0.2) is 22.3 Å². The third kappa shape index (κ3) is 2.03. The predicted octanol–water partition coefficient (Wildman–Crippen LogP) is 4.17. The second kappa shape index (κ2) is 4.90. The van der Waals surface area contributed by atoms with Gasteiger partial charge in [0.2, 0.25) is 0 Å². The first-order valence-corrected chi connectivity index (χ1v) is 8.03. The summed E-state index contributed by atoms with van der Waals surface area (Å²) in [7, 11) is 0. The second-order valence-electron chi connectivity index (χ2n) is 5.69. The lowest BCUT2D eigenvalue weighted by atomic mass is 10.1. The van der Waals surface area contributed by atoms with Crippen molar-refractivity contribution < 1.29 is 4.74 Å². The fourth-order valence-electron chi connectivity index (χ4n) is 3.34. The number of hydrogen-bond donors (Lipinski definition) is 0. The predicted molar refractivity (Wildman–Crippen MR) is 80.4 cm³/mol. The molecule has 2 fully saturated rings. The highest BCUT2D eigenvalue weighted by atomic mass is 35.5. The highest BCUT2D eigenvalue weighted by Crippen LogP contribution is 2.44. The molecule has 2 aliphatic rings. The van der Waals surface area contributed by atoms with Crippen LogP contribution in [0.25, 0.3) is 11.0 Å². The Morgan fingerprint density at radius 3 is 2.90 bits per heavy atom. The fourth-order valence-corrected chi connectivity index (χ4v) is 3.69. The maximum Gasteiger partial charge on any atom is 0.125 e. The zero-order chi connectivity index (χ0) is 13.7. The average Bonchev–Trinajstić information content (AvgIpc) is 3.07. The Morgan fingerprint density at radius 1 is 1.30 bits per heavy atom. The van der Waals surface area contributed by atoms with E-state index in [2.05, 4.69) is 9.55 Å². The number of imidazole rings is 1. The molecular formula is C15H16Cl2N2O. The number of hydrogen-bond acceptors (Lipinski definition) is 2. The lowest BCUT2D eigenvalue weighted by molar-refractivity contribution is 0.0754. The summed E-state index contributed by atoms with van der Waals surface area (Å²) in [5, 5.41) is 0.713. The van der Waals surface area contributed by atoms with Gasteiger partial charge in [-0.15, -0.1) is 11.6 Å². The van der Waals surface area contributed by atoms with Gasteiger partial charge < -0.3 is 9.30 Å². The number of benzene rings is 1. The Bertz CT molecular complexity index is 651. The first kappa shape index (κ1) is 12.9. The molecule has 2 atom stereocenters. The van der Waals surface area contributed by atoms with E-state index in [0.717, 1.165) is 35.8 Å². The van der Waals surface area contributed by atoms with Crippen molar-refractivity contribution in [1.29, 1.82) is 0 Å². The molecule has 5 heteroatoms. The van der Waals surface area contributed by atoms with Crippen LogP contribution in [0.1, 0.15) is 31.1 Å². The average molecular weight is 311 g/mol. The number of nitrogens with zero attached hydrogens (tertiary/aromatic N) is 2. The Labute approximate surface area is 127 Å². The molecule has 0 bridgehead atoms. The zero-order valence-electron chi connectivity index (χ0n) is 11.1. The minimum atomic E-state index is 0.324. The molecule has 3 nitrogen and oxygen atoms in total. The Balaban J connectivity index is 1.84. The molecule has 0 amide bonds. The van der Waals surface area contributed by atoms with Crippen molar-refractivity contribution >= 4 is 34.2 Å². The molecule has 1 aliphatic carbocycles. The van der Waals surface area contributed by atoms with E-state index < -0.39 is 0 Å². The number of halogens is 2. The minimum absolute atomic E-state index is 0.324. The first-order chi connectivity index (χ1) is 9.78. The van der Waals surface area contributed by atoms with Crippen molar-refractivity contribution in [2.24, 2.45) is 5.92 Å². The van der Waals surface area contributed by atoms with Crippen LogP contribution in [-0.2, 0) is 10.6 Å². The fraction of sp³-hybridized carbons (Fsp3) is 0.533. The van der Waals surface area contributed by atoms with Crippen LogP contribution in [0.5, 0.6) is 0 Å². The van der Waals surface area contributed by atoms with Gasteiger partial charge in [0.25, 0.3) is 0 Å². The molecule has 2 unspecified atom stereocenters. The van der Waals surface area contributed by atoms with E-state index in [1.54, 1.807) is 0 Å². The minimum Gasteiger partial charge on any atom is -0.376 e. The van der Waals surface area contributed by atoms with Crippen LogP contribution < -0.4 is 0 Å². The molecule has 0 spiro atoms. The number of rotatable bonds is 3. The molecule has 1 saturated heterocycles. The van der Waals surface area contributed by atoms with E-state index in [1.165, 1.54) is 12.8 Å². The summed E-state index contributed by atoms with van der Waals surface area (Å²) in [6.45, 7) is 0.834. The topological polar surface area (TPSA) is 27.1 Å². The molecule has 1 aromatic carbocycles. The van der Waals surface area contributed by atoms with Crippen molar-refractivity contribution in [2.45, 2.75) is 37.3 Å². The normalized spacial score (nSPS) is 26.5. The van der Waals surface area contributed by atoms with Crippen molar-refractivity contribution in [3.8, 4) is 0 Å². The number of fused-ring (bicyclic) bond motifs is 1. The van der Waals surface area contributed by atoms with E-state index in [1.807, 2.05) is 18.2 Å². The molecular weight excluding hydrogens is 295 g/mol. The standard InChI is InChI=1S/C15H16Cl2N2O/c16-8-14-18-11-7-10(17)3-4-12(11)19(14)13-5-6-20-15(13)9-1-2-9/h3-4,7,9,13,15H,1-2,5-6,8H2. The number of ether oxygens (including phenoxy) is 1. The van der Waals surface area contributed by atoms with Crippen molar-refractivity contribution in [3.05, 3.63) is 29.0 Å². The first-order valence-electron chi connectivity index (χ1n) is 7.12. The second-order valence-corrected chi connectivity index (χ2v) is 6.40. The number of aromatic nitrogens is 2. The van der Waals surface area contributed by atoms with Crippen LogP contribution in [0.15, 0.2) is 18.2 Å². The molecule has 2 aromatic rings. The van der Waals surface area contributed by atoms with Crippen LogP contribution in [0, 0.1) is 5.92 Å². The van der Waals surface area contributed by atoms with E-state index in [9.17, 15) is 0 Å². The third-order valence-corrected chi connectivity index (χ3v) is 4.84. The summed E-state index contributed by atoms with van der Waals surface area (Å²) >= 11 is 12.2. The Hall–Kier alpha value is -0.770. The Kier molecular flexibility index (Phi) is 3.17. The molecule has 1 aromatic heterocycles. The van der Waals surface area contributed by atoms with Gasteiger partial charge in [-0.25, -0.2) is 4.98 Å².